The van der Waals surface area contributed by atoms with Crippen molar-refractivity contribution in [3.8, 4) is 6.01 Å². The molecule has 0 unspecified atom stereocenters. The second-order valence-electron chi connectivity index (χ2n) is 7.34. The Bertz CT molecular complexity index is 1200. The number of rotatable bonds is 6. The van der Waals surface area contributed by atoms with Gasteiger partial charge in [0.25, 0.3) is 0 Å². The van der Waals surface area contributed by atoms with Gasteiger partial charge in [0.05, 0.1) is 17.5 Å². The van der Waals surface area contributed by atoms with Crippen molar-refractivity contribution >= 4 is 44.2 Å². The van der Waals surface area contributed by atoms with Gasteiger partial charge in [-0.05, 0) is 43.9 Å². The van der Waals surface area contributed by atoms with Crippen LogP contribution in [0.4, 0.5) is 15.9 Å². The van der Waals surface area contributed by atoms with E-state index in [1.807, 2.05) is 0 Å². The minimum absolute atomic E-state index is 0.0111. The van der Waals surface area contributed by atoms with Gasteiger partial charge in [-0.15, -0.1) is 0 Å². The maximum absolute atomic E-state index is 13.4. The van der Waals surface area contributed by atoms with Crippen molar-refractivity contribution in [1.82, 2.24) is 24.7 Å². The third kappa shape index (κ3) is 5.54. The zero-order valence-corrected chi connectivity index (χ0v) is 18.1. The molecule has 1 fully saturated rings. The number of sulfonamides is 1. The third-order valence-corrected chi connectivity index (χ3v) is 5.92. The largest absolute Gasteiger partial charge is 0.460 e. The van der Waals surface area contributed by atoms with Crippen LogP contribution in [0, 0.1) is 5.82 Å². The maximum atomic E-state index is 13.4. The lowest BCUT2D eigenvalue weighted by Crippen LogP contribution is -2.39. The fraction of sp³-hybridized carbons (Fsp3) is 0.368. The van der Waals surface area contributed by atoms with Crippen molar-refractivity contribution < 1.29 is 17.5 Å². The minimum atomic E-state index is -3.23. The summed E-state index contributed by atoms with van der Waals surface area (Å²) in [5.74, 6) is -0.111. The maximum Gasteiger partial charge on any atom is 0.317 e. The summed E-state index contributed by atoms with van der Waals surface area (Å²) in [7, 11) is -3.23. The highest BCUT2D eigenvalue weighted by molar-refractivity contribution is 7.88. The van der Waals surface area contributed by atoms with Gasteiger partial charge in [-0.1, -0.05) is 11.6 Å². The Morgan fingerprint density at radius 2 is 1.94 bits per heavy atom. The predicted molar refractivity (Wildman–Crippen MR) is 114 cm³/mol. The van der Waals surface area contributed by atoms with Crippen molar-refractivity contribution in [2.75, 3.05) is 11.6 Å². The van der Waals surface area contributed by atoms with Crippen LogP contribution in [0.1, 0.15) is 25.7 Å². The number of benzene rings is 1. The molecule has 1 aliphatic carbocycles. The number of fused-ring (bicyclic) bond motifs is 1. The first-order chi connectivity index (χ1) is 14.8. The molecule has 164 valence electrons. The van der Waals surface area contributed by atoms with Gasteiger partial charge in [-0.3, -0.25) is 0 Å². The lowest BCUT2D eigenvalue weighted by atomic mass is 9.94. The van der Waals surface area contributed by atoms with Crippen molar-refractivity contribution in [2.24, 2.45) is 0 Å². The van der Waals surface area contributed by atoms with Crippen molar-refractivity contribution in [2.45, 2.75) is 37.8 Å². The van der Waals surface area contributed by atoms with Crippen LogP contribution in [-0.2, 0) is 10.0 Å². The Morgan fingerprint density at radius 1 is 1.16 bits per heavy atom. The highest BCUT2D eigenvalue weighted by Gasteiger charge is 2.25. The summed E-state index contributed by atoms with van der Waals surface area (Å²) >= 11 is 5.85. The first-order valence-electron chi connectivity index (χ1n) is 9.60. The normalized spacial score (nSPS) is 19.3. The van der Waals surface area contributed by atoms with E-state index in [1.165, 1.54) is 24.5 Å². The Labute approximate surface area is 183 Å². The molecule has 0 atom stereocenters. The van der Waals surface area contributed by atoms with E-state index in [-0.39, 0.29) is 23.2 Å². The van der Waals surface area contributed by atoms with Gasteiger partial charge in [-0.2, -0.15) is 4.98 Å². The SMILES string of the molecule is CS(=O)(=O)N[C@H]1CC[C@H](Oc2ncc3ncnc(Nc4ccc(F)c(Cl)c4)c3n2)CC1. The molecule has 3 aromatic rings. The molecule has 9 nitrogen and oxygen atoms in total. The molecule has 1 saturated carbocycles. The number of aromatic nitrogens is 4. The van der Waals surface area contributed by atoms with E-state index < -0.39 is 15.8 Å². The van der Waals surface area contributed by atoms with Crippen LogP contribution >= 0.6 is 11.6 Å². The van der Waals surface area contributed by atoms with Crippen LogP contribution in [0.3, 0.4) is 0 Å². The zero-order chi connectivity index (χ0) is 22.0. The number of hydrogen-bond donors (Lipinski definition) is 2. The van der Waals surface area contributed by atoms with Crippen LogP contribution in [0.15, 0.2) is 30.7 Å². The molecule has 2 aromatic heterocycles. The van der Waals surface area contributed by atoms with E-state index >= 15 is 0 Å². The van der Waals surface area contributed by atoms with Gasteiger partial charge < -0.3 is 10.1 Å². The molecule has 1 aliphatic rings. The molecule has 0 spiro atoms. The first kappa shape index (κ1) is 21.6. The van der Waals surface area contributed by atoms with Gasteiger partial charge in [0.1, 0.15) is 29.3 Å². The topological polar surface area (TPSA) is 119 Å². The van der Waals surface area contributed by atoms with Crippen LogP contribution in [0.2, 0.25) is 5.02 Å². The number of hydrogen-bond acceptors (Lipinski definition) is 8. The molecule has 2 N–H and O–H groups in total. The number of nitrogens with zero attached hydrogens (tertiary/aromatic N) is 4. The highest BCUT2D eigenvalue weighted by atomic mass is 35.5. The van der Waals surface area contributed by atoms with Gasteiger partial charge in [-0.25, -0.2) is 32.5 Å². The molecule has 2 heterocycles. The zero-order valence-electron chi connectivity index (χ0n) is 16.5. The molecule has 1 aromatic carbocycles. The average molecular weight is 467 g/mol. The van der Waals surface area contributed by atoms with Crippen molar-refractivity contribution in [1.29, 1.82) is 0 Å². The van der Waals surface area contributed by atoms with Crippen LogP contribution in [0.5, 0.6) is 6.01 Å². The predicted octanol–water partition coefficient (Wildman–Crippen LogP) is 3.20. The van der Waals surface area contributed by atoms with Crippen LogP contribution in [0.25, 0.3) is 11.0 Å². The lowest BCUT2D eigenvalue weighted by Gasteiger charge is -2.28. The monoisotopic (exact) mass is 466 g/mol. The Morgan fingerprint density at radius 3 is 2.65 bits per heavy atom. The van der Waals surface area contributed by atoms with Gasteiger partial charge in [0.15, 0.2) is 5.82 Å². The van der Waals surface area contributed by atoms with Crippen LogP contribution in [-0.4, -0.2) is 46.8 Å². The number of nitrogens with one attached hydrogen (secondary N) is 2. The Hall–Kier alpha value is -2.63. The molecule has 0 bridgehead atoms. The lowest BCUT2D eigenvalue weighted by molar-refractivity contribution is 0.132. The highest BCUT2D eigenvalue weighted by Crippen LogP contribution is 2.27. The van der Waals surface area contributed by atoms with E-state index in [2.05, 4.69) is 30.0 Å². The third-order valence-electron chi connectivity index (χ3n) is 4.86. The van der Waals surface area contributed by atoms with Gasteiger partial charge in [0, 0.05) is 11.7 Å². The first-order valence-corrected chi connectivity index (χ1v) is 11.9. The summed E-state index contributed by atoms with van der Waals surface area (Å²) < 4.78 is 44.8. The summed E-state index contributed by atoms with van der Waals surface area (Å²) in [6.45, 7) is 0. The second-order valence-corrected chi connectivity index (χ2v) is 9.53. The second kappa shape index (κ2) is 8.85. The summed E-state index contributed by atoms with van der Waals surface area (Å²) in [6.07, 6.45) is 6.66. The minimum Gasteiger partial charge on any atom is -0.460 e. The van der Waals surface area contributed by atoms with Crippen LogP contribution < -0.4 is 14.8 Å². The quantitative estimate of drug-likeness (QED) is 0.568. The average Bonchev–Trinajstić information content (AvgIpc) is 2.72. The van der Waals surface area contributed by atoms with Gasteiger partial charge >= 0.3 is 6.01 Å². The summed E-state index contributed by atoms with van der Waals surface area (Å²) in [5, 5.41) is 3.05. The molecule has 0 aliphatic heterocycles. The Kier molecular flexibility index (Phi) is 6.17. The van der Waals surface area contributed by atoms with E-state index in [4.69, 9.17) is 16.3 Å². The number of ether oxygens (including phenoxy) is 1. The van der Waals surface area contributed by atoms with E-state index in [0.29, 0.717) is 48.2 Å². The fourth-order valence-electron chi connectivity index (χ4n) is 3.45. The molecule has 0 radical (unpaired) electrons. The molecular weight excluding hydrogens is 447 g/mol. The van der Waals surface area contributed by atoms with E-state index in [9.17, 15) is 12.8 Å². The molecule has 31 heavy (non-hydrogen) atoms. The summed E-state index contributed by atoms with van der Waals surface area (Å²) in [6, 6.07) is 4.34. The molecule has 0 saturated heterocycles. The van der Waals surface area contributed by atoms with E-state index in [1.54, 1.807) is 6.20 Å². The molecule has 12 heteroatoms. The smallest absolute Gasteiger partial charge is 0.317 e. The molecule has 0 amide bonds. The molecule has 4 rings (SSSR count). The number of anilines is 2. The fourth-order valence-corrected chi connectivity index (χ4v) is 4.47. The number of halogens is 2. The molecular formula is C19H20ClFN6O3S. The van der Waals surface area contributed by atoms with Crippen molar-refractivity contribution in [3.05, 3.63) is 41.6 Å². The summed E-state index contributed by atoms with van der Waals surface area (Å²) in [4.78, 5) is 17.0. The van der Waals surface area contributed by atoms with Crippen molar-refractivity contribution in [3.63, 3.8) is 0 Å². The summed E-state index contributed by atoms with van der Waals surface area (Å²) in [5.41, 5.74) is 1.50. The Balaban J connectivity index is 1.49. The standard InChI is InChI=1S/C19H20ClFN6O3S/c1-31(28,29)27-11-2-5-13(6-3-11)30-19-22-9-16-17(26-19)18(24-10-23-16)25-12-4-7-15(21)14(20)8-12/h4,7-11,13,27H,2-3,5-6H2,1H3,(H,23,24,25)/t11-,13-. The van der Waals surface area contributed by atoms with Gasteiger partial charge in [0.2, 0.25) is 10.0 Å². The van der Waals surface area contributed by atoms with E-state index in [0.717, 1.165) is 6.26 Å².